The second kappa shape index (κ2) is 5.05. The number of carbonyl (C=O) groups is 1. The Bertz CT molecular complexity index is 591. The molecule has 19 heavy (non-hydrogen) atoms. The van der Waals surface area contributed by atoms with Gasteiger partial charge in [0.15, 0.2) is 0 Å². The van der Waals surface area contributed by atoms with Crippen LogP contribution in [0.15, 0.2) is 30.5 Å². The summed E-state index contributed by atoms with van der Waals surface area (Å²) >= 11 is 0. The van der Waals surface area contributed by atoms with Crippen molar-refractivity contribution in [2.24, 2.45) is 0 Å². The fourth-order valence-corrected chi connectivity index (χ4v) is 2.90. The van der Waals surface area contributed by atoms with Crippen LogP contribution >= 0.6 is 0 Å². The van der Waals surface area contributed by atoms with Crippen LogP contribution in [0.5, 0.6) is 0 Å². The lowest BCUT2D eigenvalue weighted by Crippen LogP contribution is -2.40. The van der Waals surface area contributed by atoms with Crippen LogP contribution in [0.3, 0.4) is 0 Å². The Morgan fingerprint density at radius 3 is 3.11 bits per heavy atom. The highest BCUT2D eigenvalue weighted by Gasteiger charge is 2.28. The first-order valence-corrected chi connectivity index (χ1v) is 6.69. The molecule has 0 spiro atoms. The lowest BCUT2D eigenvalue weighted by molar-refractivity contribution is 0.0723. The molecule has 1 saturated carbocycles. The zero-order valence-corrected chi connectivity index (χ0v) is 11.0. The van der Waals surface area contributed by atoms with Crippen LogP contribution in [0, 0.1) is 0 Å². The number of amides is 1. The van der Waals surface area contributed by atoms with E-state index in [1.54, 1.807) is 7.11 Å². The third-order valence-electron chi connectivity index (χ3n) is 3.91. The minimum Gasteiger partial charge on any atom is -0.379 e. The molecule has 1 fully saturated rings. The molecule has 0 radical (unpaired) electrons. The predicted molar refractivity (Wildman–Crippen MR) is 74.2 cm³/mol. The number of carbonyl (C=O) groups excluding carboxylic acids is 1. The highest BCUT2D eigenvalue weighted by molar-refractivity contribution is 6.06. The molecule has 0 saturated heterocycles. The maximum Gasteiger partial charge on any atom is 0.252 e. The Morgan fingerprint density at radius 2 is 2.26 bits per heavy atom. The van der Waals surface area contributed by atoms with Crippen molar-refractivity contribution >= 4 is 16.8 Å². The summed E-state index contributed by atoms with van der Waals surface area (Å²) in [6, 6.07) is 7.80. The van der Waals surface area contributed by atoms with Gasteiger partial charge in [-0.05, 0) is 37.5 Å². The van der Waals surface area contributed by atoms with E-state index in [2.05, 4.69) is 10.3 Å². The van der Waals surface area contributed by atoms with Gasteiger partial charge in [0.05, 0.1) is 12.1 Å². The van der Waals surface area contributed by atoms with E-state index in [1.807, 2.05) is 30.5 Å². The molecule has 0 aliphatic heterocycles. The normalized spacial score (nSPS) is 22.8. The smallest absolute Gasteiger partial charge is 0.252 e. The molecule has 2 unspecified atom stereocenters. The number of methoxy groups -OCH3 is 1. The van der Waals surface area contributed by atoms with Gasteiger partial charge in [-0.15, -0.1) is 0 Å². The molecular weight excluding hydrogens is 240 g/mol. The highest BCUT2D eigenvalue weighted by Crippen LogP contribution is 2.23. The van der Waals surface area contributed by atoms with E-state index in [-0.39, 0.29) is 18.1 Å². The Morgan fingerprint density at radius 1 is 1.37 bits per heavy atom. The predicted octanol–water partition coefficient (Wildman–Crippen LogP) is 2.47. The summed E-state index contributed by atoms with van der Waals surface area (Å²) in [6.45, 7) is 0. The van der Waals surface area contributed by atoms with Crippen LogP contribution in [0.1, 0.15) is 29.6 Å². The van der Waals surface area contributed by atoms with Crippen LogP contribution in [0.25, 0.3) is 10.9 Å². The van der Waals surface area contributed by atoms with Crippen molar-refractivity contribution in [2.45, 2.75) is 31.4 Å². The van der Waals surface area contributed by atoms with Gasteiger partial charge in [-0.1, -0.05) is 6.07 Å². The van der Waals surface area contributed by atoms with Crippen molar-refractivity contribution in [3.8, 4) is 0 Å². The minimum atomic E-state index is -0.0147. The van der Waals surface area contributed by atoms with E-state index in [4.69, 9.17) is 4.74 Å². The monoisotopic (exact) mass is 258 g/mol. The van der Waals surface area contributed by atoms with Crippen LogP contribution < -0.4 is 5.32 Å². The summed E-state index contributed by atoms with van der Waals surface area (Å²) in [5.41, 5.74) is 1.71. The highest BCUT2D eigenvalue weighted by atomic mass is 16.5. The standard InChI is InChI=1S/C15H18N2O2/c1-19-14-7-3-6-13(14)17-15(18)11-4-2-5-12-10(11)8-9-16-12/h2,4-5,8-9,13-14,16H,3,6-7H2,1H3,(H,17,18). The van der Waals surface area contributed by atoms with Gasteiger partial charge in [-0.2, -0.15) is 0 Å². The molecule has 100 valence electrons. The third kappa shape index (κ3) is 2.24. The molecule has 1 amide bonds. The number of nitrogens with one attached hydrogen (secondary N) is 2. The van der Waals surface area contributed by atoms with Crippen molar-refractivity contribution in [3.05, 3.63) is 36.0 Å². The number of hydrogen-bond donors (Lipinski definition) is 2. The van der Waals surface area contributed by atoms with Crippen molar-refractivity contribution in [2.75, 3.05) is 7.11 Å². The van der Waals surface area contributed by atoms with E-state index in [9.17, 15) is 4.79 Å². The molecule has 2 N–H and O–H groups in total. The van der Waals surface area contributed by atoms with Crippen molar-refractivity contribution < 1.29 is 9.53 Å². The summed E-state index contributed by atoms with van der Waals surface area (Å²) in [6.07, 6.45) is 5.13. The molecule has 1 aromatic heterocycles. The molecule has 1 aromatic carbocycles. The van der Waals surface area contributed by atoms with Gasteiger partial charge in [0.2, 0.25) is 0 Å². The third-order valence-corrected chi connectivity index (χ3v) is 3.91. The van der Waals surface area contributed by atoms with Crippen molar-refractivity contribution in [1.82, 2.24) is 10.3 Å². The number of aromatic amines is 1. The molecule has 3 rings (SSSR count). The van der Waals surface area contributed by atoms with Crippen molar-refractivity contribution in [3.63, 3.8) is 0 Å². The first-order valence-electron chi connectivity index (χ1n) is 6.69. The fraction of sp³-hybridized carbons (Fsp3) is 0.400. The molecule has 2 atom stereocenters. The van der Waals surface area contributed by atoms with Gasteiger partial charge in [0.1, 0.15) is 0 Å². The summed E-state index contributed by atoms with van der Waals surface area (Å²) < 4.78 is 5.41. The largest absolute Gasteiger partial charge is 0.379 e. The van der Waals surface area contributed by atoms with Crippen LogP contribution in [0.2, 0.25) is 0 Å². The van der Waals surface area contributed by atoms with Gasteiger partial charge in [-0.25, -0.2) is 0 Å². The van der Waals surface area contributed by atoms with Gasteiger partial charge in [0.25, 0.3) is 5.91 Å². The number of H-pyrrole nitrogens is 1. The van der Waals surface area contributed by atoms with Crippen LogP contribution in [-0.2, 0) is 4.74 Å². The quantitative estimate of drug-likeness (QED) is 0.888. The maximum atomic E-state index is 12.4. The van der Waals surface area contributed by atoms with Gasteiger partial charge in [-0.3, -0.25) is 4.79 Å². The SMILES string of the molecule is COC1CCCC1NC(=O)c1cccc2[nH]ccc12. The molecule has 1 heterocycles. The lowest BCUT2D eigenvalue weighted by Gasteiger charge is -2.19. The second-order valence-corrected chi connectivity index (χ2v) is 5.03. The second-order valence-electron chi connectivity index (χ2n) is 5.03. The number of benzene rings is 1. The van der Waals surface area contributed by atoms with Crippen LogP contribution in [0.4, 0.5) is 0 Å². The summed E-state index contributed by atoms with van der Waals surface area (Å²) in [5, 5.41) is 4.07. The van der Waals surface area contributed by atoms with E-state index in [0.717, 1.165) is 35.7 Å². The molecule has 4 nitrogen and oxygen atoms in total. The average Bonchev–Trinajstić information content (AvgIpc) is 3.05. The Hall–Kier alpha value is -1.81. The summed E-state index contributed by atoms with van der Waals surface area (Å²) in [5.74, 6) is -0.0147. The summed E-state index contributed by atoms with van der Waals surface area (Å²) in [4.78, 5) is 15.5. The lowest BCUT2D eigenvalue weighted by atomic mass is 10.1. The zero-order chi connectivity index (χ0) is 13.2. The summed E-state index contributed by atoms with van der Waals surface area (Å²) in [7, 11) is 1.71. The maximum absolute atomic E-state index is 12.4. The number of fused-ring (bicyclic) bond motifs is 1. The minimum absolute atomic E-state index is 0.0147. The molecule has 4 heteroatoms. The first kappa shape index (κ1) is 12.2. The number of aromatic nitrogens is 1. The Labute approximate surface area is 112 Å². The van der Waals surface area contributed by atoms with E-state index < -0.39 is 0 Å². The molecule has 1 aliphatic carbocycles. The van der Waals surface area contributed by atoms with Gasteiger partial charge in [0, 0.05) is 29.8 Å². The van der Waals surface area contributed by atoms with E-state index >= 15 is 0 Å². The molecule has 2 aromatic rings. The zero-order valence-electron chi connectivity index (χ0n) is 11.0. The van der Waals surface area contributed by atoms with E-state index in [1.165, 1.54) is 0 Å². The number of ether oxygens (including phenoxy) is 1. The van der Waals surface area contributed by atoms with E-state index in [0.29, 0.717) is 0 Å². The molecule has 1 aliphatic rings. The first-order chi connectivity index (χ1) is 9.29. The van der Waals surface area contributed by atoms with Crippen LogP contribution in [-0.4, -0.2) is 30.1 Å². The molecule has 0 bridgehead atoms. The Balaban J connectivity index is 1.82. The fourth-order valence-electron chi connectivity index (χ4n) is 2.90. The average molecular weight is 258 g/mol. The number of rotatable bonds is 3. The number of hydrogen-bond acceptors (Lipinski definition) is 2. The molecular formula is C15H18N2O2. The van der Waals surface area contributed by atoms with Gasteiger partial charge >= 0.3 is 0 Å². The topological polar surface area (TPSA) is 54.1 Å². The van der Waals surface area contributed by atoms with Crippen molar-refractivity contribution in [1.29, 1.82) is 0 Å². The van der Waals surface area contributed by atoms with Gasteiger partial charge < -0.3 is 15.0 Å². The Kier molecular flexibility index (Phi) is 3.25.